The van der Waals surface area contributed by atoms with Crippen LogP contribution in [-0.4, -0.2) is 5.75 Å². The van der Waals surface area contributed by atoms with Crippen LogP contribution in [0.1, 0.15) is 17.4 Å². The van der Waals surface area contributed by atoms with Crippen LogP contribution in [0.25, 0.3) is 0 Å². The molecule has 0 saturated heterocycles. The fourth-order valence-corrected chi connectivity index (χ4v) is 2.53. The molecule has 0 bridgehead atoms. The Labute approximate surface area is 108 Å². The SMILES string of the molecule is Cc1occc1SCC(N)c1cc(F)ccc1F. The predicted molar refractivity (Wildman–Crippen MR) is 67.5 cm³/mol. The van der Waals surface area contributed by atoms with Gasteiger partial charge in [-0.2, -0.15) is 0 Å². The van der Waals surface area contributed by atoms with E-state index in [2.05, 4.69) is 0 Å². The molecule has 18 heavy (non-hydrogen) atoms. The van der Waals surface area contributed by atoms with Gasteiger partial charge in [0, 0.05) is 22.3 Å². The topological polar surface area (TPSA) is 39.2 Å². The lowest BCUT2D eigenvalue weighted by Crippen LogP contribution is -2.15. The van der Waals surface area contributed by atoms with E-state index in [4.69, 9.17) is 10.2 Å². The Morgan fingerprint density at radius 1 is 1.33 bits per heavy atom. The molecule has 0 aliphatic carbocycles. The van der Waals surface area contributed by atoms with Gasteiger partial charge in [0.2, 0.25) is 0 Å². The lowest BCUT2D eigenvalue weighted by molar-refractivity contribution is 0.527. The Bertz CT molecular complexity index is 542. The summed E-state index contributed by atoms with van der Waals surface area (Å²) < 4.78 is 31.7. The summed E-state index contributed by atoms with van der Waals surface area (Å²) in [7, 11) is 0. The first kappa shape index (κ1) is 13.1. The highest BCUT2D eigenvalue weighted by Gasteiger charge is 2.14. The van der Waals surface area contributed by atoms with E-state index in [1.54, 1.807) is 6.26 Å². The van der Waals surface area contributed by atoms with Gasteiger partial charge in [0.1, 0.15) is 17.4 Å². The first-order valence-electron chi connectivity index (χ1n) is 5.45. The van der Waals surface area contributed by atoms with Crippen LogP contribution in [0.2, 0.25) is 0 Å². The second kappa shape index (κ2) is 5.54. The molecule has 0 radical (unpaired) electrons. The average molecular weight is 269 g/mol. The molecule has 1 aromatic heterocycles. The van der Waals surface area contributed by atoms with Gasteiger partial charge >= 0.3 is 0 Å². The van der Waals surface area contributed by atoms with Gasteiger partial charge in [-0.15, -0.1) is 11.8 Å². The van der Waals surface area contributed by atoms with Crippen molar-refractivity contribution in [3.63, 3.8) is 0 Å². The summed E-state index contributed by atoms with van der Waals surface area (Å²) in [5.74, 6) is 0.299. The van der Waals surface area contributed by atoms with Gasteiger partial charge in [-0.3, -0.25) is 0 Å². The van der Waals surface area contributed by atoms with Crippen molar-refractivity contribution in [2.75, 3.05) is 5.75 Å². The van der Waals surface area contributed by atoms with Crippen molar-refractivity contribution in [2.24, 2.45) is 5.73 Å². The largest absolute Gasteiger partial charge is 0.468 e. The van der Waals surface area contributed by atoms with Crippen LogP contribution in [0, 0.1) is 18.6 Å². The standard InChI is InChI=1S/C13H13F2NOS/c1-8-13(4-5-17-8)18-7-12(16)10-6-9(14)2-3-11(10)15/h2-6,12H,7,16H2,1H3. The summed E-state index contributed by atoms with van der Waals surface area (Å²) in [6, 6.07) is 4.59. The van der Waals surface area contributed by atoms with Gasteiger partial charge in [0.05, 0.1) is 6.26 Å². The molecule has 2 rings (SSSR count). The molecule has 96 valence electrons. The molecule has 0 amide bonds. The molecule has 1 unspecified atom stereocenters. The van der Waals surface area contributed by atoms with Gasteiger partial charge in [0.15, 0.2) is 0 Å². The summed E-state index contributed by atoms with van der Waals surface area (Å²) >= 11 is 1.46. The maximum Gasteiger partial charge on any atom is 0.128 e. The smallest absolute Gasteiger partial charge is 0.128 e. The quantitative estimate of drug-likeness (QED) is 0.861. The van der Waals surface area contributed by atoms with Gasteiger partial charge in [-0.05, 0) is 31.2 Å². The lowest BCUT2D eigenvalue weighted by Gasteiger charge is -2.12. The van der Waals surface area contributed by atoms with Crippen molar-refractivity contribution in [3.05, 3.63) is 53.5 Å². The molecule has 0 aliphatic heterocycles. The number of benzene rings is 1. The van der Waals surface area contributed by atoms with Crippen molar-refractivity contribution >= 4 is 11.8 Å². The van der Waals surface area contributed by atoms with Crippen molar-refractivity contribution in [1.82, 2.24) is 0 Å². The van der Waals surface area contributed by atoms with Crippen LogP contribution in [-0.2, 0) is 0 Å². The summed E-state index contributed by atoms with van der Waals surface area (Å²) in [4.78, 5) is 0.960. The van der Waals surface area contributed by atoms with E-state index >= 15 is 0 Å². The molecule has 0 spiro atoms. The van der Waals surface area contributed by atoms with Crippen LogP contribution >= 0.6 is 11.8 Å². The molecule has 1 atom stereocenters. The van der Waals surface area contributed by atoms with E-state index in [0.29, 0.717) is 5.75 Å². The monoisotopic (exact) mass is 269 g/mol. The lowest BCUT2D eigenvalue weighted by atomic mass is 10.1. The molecule has 1 aromatic carbocycles. The van der Waals surface area contributed by atoms with Crippen molar-refractivity contribution in [2.45, 2.75) is 17.9 Å². The number of halogens is 2. The Morgan fingerprint density at radius 3 is 2.78 bits per heavy atom. The van der Waals surface area contributed by atoms with Crippen LogP contribution in [0.3, 0.4) is 0 Å². The third-order valence-corrected chi connectivity index (χ3v) is 3.85. The molecule has 5 heteroatoms. The number of furan rings is 1. The fourth-order valence-electron chi connectivity index (χ4n) is 1.59. The molecule has 0 aliphatic rings. The normalized spacial score (nSPS) is 12.7. The number of thioether (sulfide) groups is 1. The third kappa shape index (κ3) is 2.91. The van der Waals surface area contributed by atoms with Gasteiger partial charge in [-0.1, -0.05) is 0 Å². The van der Waals surface area contributed by atoms with E-state index in [9.17, 15) is 8.78 Å². The van der Waals surface area contributed by atoms with E-state index < -0.39 is 17.7 Å². The maximum absolute atomic E-state index is 13.5. The minimum atomic E-state index is -0.556. The highest BCUT2D eigenvalue weighted by Crippen LogP contribution is 2.27. The summed E-state index contributed by atoms with van der Waals surface area (Å²) in [6.45, 7) is 1.84. The highest BCUT2D eigenvalue weighted by atomic mass is 32.2. The zero-order chi connectivity index (χ0) is 13.1. The van der Waals surface area contributed by atoms with E-state index in [-0.39, 0.29) is 5.56 Å². The number of hydrogen-bond acceptors (Lipinski definition) is 3. The van der Waals surface area contributed by atoms with Crippen molar-refractivity contribution in [3.8, 4) is 0 Å². The first-order valence-corrected chi connectivity index (χ1v) is 6.44. The van der Waals surface area contributed by atoms with Crippen molar-refractivity contribution < 1.29 is 13.2 Å². The van der Waals surface area contributed by atoms with E-state index in [1.165, 1.54) is 11.8 Å². The summed E-state index contributed by atoms with van der Waals surface area (Å²) in [5.41, 5.74) is 6.07. The predicted octanol–water partition coefficient (Wildman–Crippen LogP) is 3.66. The molecule has 0 saturated carbocycles. The zero-order valence-electron chi connectivity index (χ0n) is 9.82. The van der Waals surface area contributed by atoms with Crippen LogP contribution < -0.4 is 5.73 Å². The second-order valence-corrected chi connectivity index (χ2v) is 4.99. The molecular formula is C13H13F2NOS. The third-order valence-electron chi connectivity index (χ3n) is 2.59. The van der Waals surface area contributed by atoms with E-state index in [1.807, 2.05) is 13.0 Å². The zero-order valence-corrected chi connectivity index (χ0v) is 10.6. The molecule has 2 aromatic rings. The van der Waals surface area contributed by atoms with Gasteiger partial charge in [0.25, 0.3) is 0 Å². The maximum atomic E-state index is 13.5. The highest BCUT2D eigenvalue weighted by molar-refractivity contribution is 7.99. The molecule has 1 heterocycles. The molecule has 2 N–H and O–H groups in total. The Hall–Kier alpha value is -1.33. The summed E-state index contributed by atoms with van der Waals surface area (Å²) in [6.07, 6.45) is 1.59. The number of nitrogens with two attached hydrogens (primary N) is 1. The number of hydrogen-bond donors (Lipinski definition) is 1. The Morgan fingerprint density at radius 2 is 2.11 bits per heavy atom. The number of aryl methyl sites for hydroxylation is 1. The summed E-state index contributed by atoms with van der Waals surface area (Å²) in [5, 5.41) is 0. The molecular weight excluding hydrogens is 256 g/mol. The molecule has 0 fully saturated rings. The Balaban J connectivity index is 2.06. The molecule has 2 nitrogen and oxygen atoms in total. The van der Waals surface area contributed by atoms with Crippen molar-refractivity contribution in [1.29, 1.82) is 0 Å². The average Bonchev–Trinajstić information content (AvgIpc) is 2.75. The van der Waals surface area contributed by atoms with Gasteiger partial charge in [-0.25, -0.2) is 8.78 Å². The second-order valence-electron chi connectivity index (χ2n) is 3.92. The van der Waals surface area contributed by atoms with Crippen LogP contribution in [0.5, 0.6) is 0 Å². The van der Waals surface area contributed by atoms with E-state index in [0.717, 1.165) is 28.9 Å². The fraction of sp³-hybridized carbons (Fsp3) is 0.231. The van der Waals surface area contributed by atoms with Gasteiger partial charge < -0.3 is 10.2 Å². The Kier molecular flexibility index (Phi) is 4.04. The minimum absolute atomic E-state index is 0.198. The van der Waals surface area contributed by atoms with Crippen LogP contribution in [0.15, 0.2) is 39.8 Å². The first-order chi connectivity index (χ1) is 8.58. The minimum Gasteiger partial charge on any atom is -0.468 e. The van der Waals surface area contributed by atoms with Crippen LogP contribution in [0.4, 0.5) is 8.78 Å². The number of rotatable bonds is 4.